The fraction of sp³-hybridized carbons (Fsp3) is 0.542. The van der Waals surface area contributed by atoms with Crippen molar-refractivity contribution in [2.24, 2.45) is 0 Å². The summed E-state index contributed by atoms with van der Waals surface area (Å²) in [6.07, 6.45) is 7.08. The van der Waals surface area contributed by atoms with Gasteiger partial charge in [-0.05, 0) is 74.2 Å². The van der Waals surface area contributed by atoms with Crippen molar-refractivity contribution in [2.75, 3.05) is 115 Å². The van der Waals surface area contributed by atoms with Crippen LogP contribution in [0.2, 0.25) is 0 Å². The molecule has 0 radical (unpaired) electrons. The molecule has 1 aromatic carbocycles. The standard InChI is InChI=1S/C48H65N3O20S3.2Na/c1-3-49(18-6-34-73(58,59)60)38-9-11-40-37(15-21-70-43(40)35-38)7-4-8-44-48(2,17-5-33-72(55,56)57)41-36-39(74(61,62)63)10-12-42(41)50(44)19-22-65-24-26-67-28-30-69-32-31-68-29-27-66-25-23-64-20-16-47(54)71-51-45(52)13-14-46(51)53;;/h4,7-12,15,21,35-36H,3,5-6,13-14,16-20,22-34H2,1-2H3,(H2-,55,56,57,58,59,60,61,62,63);;/q;2*+1/p-2. The number of hydrogen-bond acceptors (Lipinski definition) is 21. The van der Waals surface area contributed by atoms with Gasteiger partial charge in [-0.3, -0.25) is 9.59 Å². The maximum atomic E-state index is 12.2. The van der Waals surface area contributed by atoms with Gasteiger partial charge >= 0.3 is 65.1 Å². The molecular weight excluding hydrogens is 1080 g/mol. The van der Waals surface area contributed by atoms with E-state index in [4.69, 9.17) is 37.7 Å². The van der Waals surface area contributed by atoms with Gasteiger partial charge < -0.3 is 56.2 Å². The number of carbonyl (C=O) groups is 3. The molecule has 4 aliphatic rings. The van der Waals surface area contributed by atoms with Crippen molar-refractivity contribution in [3.8, 4) is 11.3 Å². The number of amides is 2. The first-order valence-electron chi connectivity index (χ1n) is 24.0. The molecule has 0 spiro atoms. The summed E-state index contributed by atoms with van der Waals surface area (Å²) in [7, 11) is -13.8. The molecule has 5 rings (SSSR count). The van der Waals surface area contributed by atoms with E-state index in [1.165, 1.54) is 24.5 Å². The maximum Gasteiger partial charge on any atom is 1.00 e. The minimum Gasteiger partial charge on any atom is -0.748 e. The first kappa shape index (κ1) is 67.3. The topological polar surface area (TPSA) is 310 Å². The summed E-state index contributed by atoms with van der Waals surface area (Å²) < 4.78 is 146. The Morgan fingerprint density at radius 2 is 1.29 bits per heavy atom. The molecule has 1 unspecified atom stereocenters. The monoisotopic (exact) mass is 1140 g/mol. The molecule has 1 saturated heterocycles. The Labute approximate surface area is 488 Å². The summed E-state index contributed by atoms with van der Waals surface area (Å²) in [5.74, 6) is -2.43. The summed E-state index contributed by atoms with van der Waals surface area (Å²) in [5, 5.41) is 1.26. The Balaban J connectivity index is 0.00000760. The van der Waals surface area contributed by atoms with Crippen LogP contribution in [0.5, 0.6) is 0 Å². The van der Waals surface area contributed by atoms with Crippen LogP contribution in [0, 0.1) is 0 Å². The van der Waals surface area contributed by atoms with Crippen molar-refractivity contribution in [2.45, 2.75) is 62.7 Å². The Kier molecular flexibility index (Phi) is 29.2. The van der Waals surface area contributed by atoms with Crippen LogP contribution in [-0.4, -0.2) is 172 Å². The Hall–Kier alpha value is -2.97. The minimum absolute atomic E-state index is 0. The van der Waals surface area contributed by atoms with E-state index in [2.05, 4.69) is 0 Å². The first-order valence-corrected chi connectivity index (χ1v) is 28.5. The summed E-state index contributed by atoms with van der Waals surface area (Å²) in [4.78, 5) is 41.0. The second-order valence-electron chi connectivity index (χ2n) is 17.1. The smallest absolute Gasteiger partial charge is 0.748 e. The molecule has 0 bridgehead atoms. The molecule has 1 fully saturated rings. The van der Waals surface area contributed by atoms with Crippen LogP contribution in [0.15, 0.2) is 75.9 Å². The van der Waals surface area contributed by atoms with Crippen molar-refractivity contribution in [3.05, 3.63) is 83.1 Å². The zero-order valence-corrected chi connectivity index (χ0v) is 49.8. The van der Waals surface area contributed by atoms with Gasteiger partial charge in [0.2, 0.25) is 5.36 Å². The maximum absolute atomic E-state index is 12.2. The first-order chi connectivity index (χ1) is 35.2. The fourth-order valence-corrected chi connectivity index (χ4v) is 9.69. The molecule has 0 saturated carbocycles. The van der Waals surface area contributed by atoms with Crippen LogP contribution in [0.25, 0.3) is 17.4 Å². The van der Waals surface area contributed by atoms with Gasteiger partial charge in [0.15, 0.2) is 0 Å². The van der Waals surface area contributed by atoms with Gasteiger partial charge in [-0.1, -0.05) is 12.2 Å². The molecule has 23 nitrogen and oxygen atoms in total. The number of carbonyl (C=O) groups excluding carboxylic acids is 3. The van der Waals surface area contributed by atoms with E-state index >= 15 is 0 Å². The summed E-state index contributed by atoms with van der Waals surface area (Å²) in [6.45, 7) is 7.92. The van der Waals surface area contributed by atoms with E-state index in [0.717, 1.165) is 16.5 Å². The fourth-order valence-electron chi connectivity index (χ4n) is 8.22. The van der Waals surface area contributed by atoms with Gasteiger partial charge in [-0.2, -0.15) is 0 Å². The van der Waals surface area contributed by atoms with Crippen LogP contribution in [0.1, 0.15) is 63.5 Å². The van der Waals surface area contributed by atoms with Crippen molar-refractivity contribution < 1.29 is 150 Å². The van der Waals surface area contributed by atoms with Crippen LogP contribution >= 0.6 is 0 Å². The number of nitrogens with zero attached hydrogens (tertiary/aromatic N) is 3. The molecule has 76 heavy (non-hydrogen) atoms. The second-order valence-corrected chi connectivity index (χ2v) is 21.5. The largest absolute Gasteiger partial charge is 1.00 e. The molecule has 0 N–H and O–H groups in total. The Morgan fingerprint density at radius 3 is 1.84 bits per heavy atom. The average molecular weight is 1140 g/mol. The molecule has 28 heteroatoms. The number of rotatable bonds is 34. The third kappa shape index (κ3) is 21.9. The molecule has 1 aliphatic carbocycles. The SMILES string of the molecule is CC[N+](CCCS(=O)(=O)[O-])=c1ccc2c(/C=C/C=C3/N(CCOCCOCCOCCOCCOCCOCCC(=O)ON4C(=O)CCC4=O)c4ccc(S(=O)(=O)[O-])cc4C3(C)CCCS(=O)(=O)[O-])ccoc-2c1.[Na+].[Na+]. The molecule has 2 amide bonds. The van der Waals surface area contributed by atoms with Crippen molar-refractivity contribution >= 4 is 59.9 Å². The van der Waals surface area contributed by atoms with Gasteiger partial charge in [0, 0.05) is 65.7 Å². The zero-order chi connectivity index (χ0) is 53.8. The van der Waals surface area contributed by atoms with Crippen LogP contribution in [0.3, 0.4) is 0 Å². The van der Waals surface area contributed by atoms with E-state index in [1.807, 2.05) is 46.8 Å². The van der Waals surface area contributed by atoms with Crippen molar-refractivity contribution in [1.29, 1.82) is 0 Å². The third-order valence-electron chi connectivity index (χ3n) is 11.9. The molecular formula is C48H63N3Na2O20S3. The zero-order valence-electron chi connectivity index (χ0n) is 43.3. The van der Waals surface area contributed by atoms with Gasteiger partial charge in [-0.15, -0.1) is 5.06 Å². The Morgan fingerprint density at radius 1 is 0.737 bits per heavy atom. The molecule has 1 atom stereocenters. The van der Waals surface area contributed by atoms with E-state index < -0.39 is 70.0 Å². The number of imide groups is 1. The predicted octanol–water partition coefficient (Wildman–Crippen LogP) is -3.88. The van der Waals surface area contributed by atoms with Gasteiger partial charge in [-0.25, -0.2) is 34.6 Å². The second kappa shape index (κ2) is 32.9. The molecule has 0 aromatic heterocycles. The normalized spacial score (nSPS) is 16.9. The number of hydrogen-bond donors (Lipinski definition) is 0. The minimum atomic E-state index is -4.88. The van der Waals surface area contributed by atoms with E-state index in [9.17, 15) is 53.3 Å². The third-order valence-corrected chi connectivity index (χ3v) is 14.3. The number of ether oxygens (including phenoxy) is 6. The molecule has 410 valence electrons. The predicted molar refractivity (Wildman–Crippen MR) is 262 cm³/mol. The van der Waals surface area contributed by atoms with Crippen molar-refractivity contribution in [1.82, 2.24) is 9.64 Å². The Bertz CT molecular complexity index is 2810. The van der Waals surface area contributed by atoms with Gasteiger partial charge in [0.25, 0.3) is 11.8 Å². The molecule has 3 aliphatic heterocycles. The van der Waals surface area contributed by atoms with Crippen LogP contribution in [0.4, 0.5) is 5.69 Å². The molecule has 1 aromatic rings. The number of hydroxylamine groups is 2. The van der Waals surface area contributed by atoms with E-state index in [1.54, 1.807) is 19.1 Å². The van der Waals surface area contributed by atoms with Crippen molar-refractivity contribution in [3.63, 3.8) is 0 Å². The number of benzene rings is 2. The quantitative estimate of drug-likeness (QED) is 0.0182. The number of anilines is 1. The van der Waals surface area contributed by atoms with Gasteiger partial charge in [0.1, 0.15) is 29.0 Å². The van der Waals surface area contributed by atoms with Gasteiger partial charge in [0.05, 0.1) is 123 Å². The number of fused-ring (bicyclic) bond motifs is 2. The van der Waals surface area contributed by atoms with E-state index in [0.29, 0.717) is 80.5 Å². The summed E-state index contributed by atoms with van der Waals surface area (Å²) in [5.41, 5.74) is 2.10. The van der Waals surface area contributed by atoms with Crippen LogP contribution < -0.4 is 73.9 Å². The average Bonchev–Trinajstić information content (AvgIpc) is 3.77. The summed E-state index contributed by atoms with van der Waals surface area (Å²) >= 11 is 0. The van der Waals surface area contributed by atoms with E-state index in [-0.39, 0.29) is 144 Å². The summed E-state index contributed by atoms with van der Waals surface area (Å²) in [6, 6.07) is 11.3. The number of allylic oxidation sites excluding steroid dienone is 3. The van der Waals surface area contributed by atoms with Crippen LogP contribution in [-0.2, 0) is 83.4 Å². The molecule has 3 heterocycles.